The fraction of sp³-hybridized carbons (Fsp3) is 0.600. The predicted molar refractivity (Wildman–Crippen MR) is 82.2 cm³/mol. The molecule has 2 nitrogen and oxygen atoms in total. The Morgan fingerprint density at radius 1 is 1.22 bits per heavy atom. The first kappa shape index (κ1) is 13.8. The van der Waals surface area contributed by atoms with Crippen molar-refractivity contribution in [3.8, 4) is 0 Å². The largest absolute Gasteiger partial charge is 0.316 e. The van der Waals surface area contributed by atoms with Crippen molar-refractivity contribution >= 4 is 13.3 Å². The minimum absolute atomic E-state index is 0.686. The zero-order chi connectivity index (χ0) is 13.2. The molecule has 0 aromatic heterocycles. The van der Waals surface area contributed by atoms with Gasteiger partial charge in [0.15, 0.2) is 0 Å². The smallest absolute Gasteiger partial charge is 0.0775 e. The highest BCUT2D eigenvalue weighted by Crippen LogP contribution is 2.13. The molecule has 1 unspecified atom stereocenters. The minimum atomic E-state index is -1.14. The Morgan fingerprint density at radius 3 is 2.39 bits per heavy atom. The van der Waals surface area contributed by atoms with Crippen LogP contribution in [0.25, 0.3) is 0 Å². The van der Waals surface area contributed by atoms with Crippen LogP contribution in [0.3, 0.4) is 0 Å². The number of likely N-dealkylation sites (N-methyl/N-ethyl adjacent to an activating group) is 1. The third kappa shape index (κ3) is 3.43. The summed E-state index contributed by atoms with van der Waals surface area (Å²) in [5.41, 5.74) is 1.45. The van der Waals surface area contributed by atoms with Crippen LogP contribution in [-0.2, 0) is 6.54 Å². The Balaban J connectivity index is 1.95. The molecule has 2 rings (SSSR count). The van der Waals surface area contributed by atoms with Crippen LogP contribution in [0, 0.1) is 0 Å². The molecule has 0 saturated carbocycles. The summed E-state index contributed by atoms with van der Waals surface area (Å²) in [6, 6.07) is 10.0. The van der Waals surface area contributed by atoms with E-state index >= 15 is 0 Å². The number of hydrogen-bond acceptors (Lipinski definition) is 2. The summed E-state index contributed by atoms with van der Waals surface area (Å²) < 4.78 is 0. The molecule has 1 aromatic rings. The molecule has 100 valence electrons. The van der Waals surface area contributed by atoms with Gasteiger partial charge in [0.05, 0.1) is 8.07 Å². The maximum absolute atomic E-state index is 3.37. The molecule has 0 aliphatic carbocycles. The van der Waals surface area contributed by atoms with Gasteiger partial charge < -0.3 is 5.32 Å². The lowest BCUT2D eigenvalue weighted by atomic mass is 10.2. The molecule has 1 N–H and O–H groups in total. The summed E-state index contributed by atoms with van der Waals surface area (Å²) in [7, 11) is 0.926. The van der Waals surface area contributed by atoms with Crippen molar-refractivity contribution in [3.63, 3.8) is 0 Å². The molecular weight excluding hydrogens is 236 g/mol. The molecule has 0 bridgehead atoms. The summed E-state index contributed by atoms with van der Waals surface area (Å²) in [5, 5.41) is 4.93. The molecule has 1 aliphatic heterocycles. The molecular formula is C15H26N2Si. The van der Waals surface area contributed by atoms with Crippen LogP contribution in [0.2, 0.25) is 19.6 Å². The van der Waals surface area contributed by atoms with Crippen molar-refractivity contribution in [3.05, 3.63) is 29.8 Å². The molecule has 0 radical (unpaired) electrons. The zero-order valence-electron chi connectivity index (χ0n) is 12.2. The van der Waals surface area contributed by atoms with Crippen LogP contribution < -0.4 is 10.5 Å². The van der Waals surface area contributed by atoms with Gasteiger partial charge in [-0.15, -0.1) is 0 Å². The quantitative estimate of drug-likeness (QED) is 0.835. The number of rotatable bonds is 4. The SMILES string of the molecule is CNC1CCN(Cc2ccc([Si](C)(C)C)cc2)C1. The Hall–Kier alpha value is -0.643. The average Bonchev–Trinajstić information content (AvgIpc) is 2.76. The lowest BCUT2D eigenvalue weighted by Crippen LogP contribution is -2.37. The molecule has 18 heavy (non-hydrogen) atoms. The second-order valence-electron chi connectivity index (χ2n) is 6.46. The van der Waals surface area contributed by atoms with Gasteiger partial charge in [0.2, 0.25) is 0 Å². The van der Waals surface area contributed by atoms with E-state index in [2.05, 4.69) is 61.2 Å². The standard InChI is InChI=1S/C15H26N2Si/c1-16-14-9-10-17(12-14)11-13-5-7-15(8-6-13)18(2,3)4/h5-8,14,16H,9-12H2,1-4H3. The zero-order valence-corrected chi connectivity index (χ0v) is 13.2. The maximum atomic E-state index is 3.37. The molecule has 1 saturated heterocycles. The highest BCUT2D eigenvalue weighted by Gasteiger charge is 2.21. The number of hydrogen-bond donors (Lipinski definition) is 1. The van der Waals surface area contributed by atoms with Crippen molar-refractivity contribution in [2.45, 2.75) is 38.6 Å². The molecule has 1 aromatic carbocycles. The molecule has 1 heterocycles. The molecule has 1 atom stereocenters. The molecule has 1 aliphatic rings. The lowest BCUT2D eigenvalue weighted by molar-refractivity contribution is 0.322. The van der Waals surface area contributed by atoms with E-state index in [0.29, 0.717) is 6.04 Å². The fourth-order valence-electron chi connectivity index (χ4n) is 2.58. The van der Waals surface area contributed by atoms with Crippen molar-refractivity contribution < 1.29 is 0 Å². The number of benzene rings is 1. The summed E-state index contributed by atoms with van der Waals surface area (Å²) in [4.78, 5) is 2.55. The van der Waals surface area contributed by atoms with E-state index in [9.17, 15) is 0 Å². The van der Waals surface area contributed by atoms with Crippen LogP contribution in [0.1, 0.15) is 12.0 Å². The van der Waals surface area contributed by atoms with Gasteiger partial charge in [-0.2, -0.15) is 0 Å². The second kappa shape index (κ2) is 5.55. The highest BCUT2D eigenvalue weighted by molar-refractivity contribution is 6.88. The van der Waals surface area contributed by atoms with E-state index in [1.54, 1.807) is 5.19 Å². The van der Waals surface area contributed by atoms with Crippen LogP contribution in [0.15, 0.2) is 24.3 Å². The molecule has 0 spiro atoms. The van der Waals surface area contributed by atoms with E-state index in [1.807, 2.05) is 0 Å². The third-order valence-corrected chi connectivity index (χ3v) is 5.97. The Kier molecular flexibility index (Phi) is 4.25. The van der Waals surface area contributed by atoms with E-state index in [-0.39, 0.29) is 0 Å². The van der Waals surface area contributed by atoms with Gasteiger partial charge in [-0.1, -0.05) is 49.1 Å². The third-order valence-electron chi connectivity index (χ3n) is 3.91. The normalized spacial score (nSPS) is 21.4. The van der Waals surface area contributed by atoms with E-state index in [0.717, 1.165) is 6.54 Å². The van der Waals surface area contributed by atoms with Crippen molar-refractivity contribution in [1.29, 1.82) is 0 Å². The summed E-state index contributed by atoms with van der Waals surface area (Å²) in [6.07, 6.45) is 1.28. The molecule has 3 heteroatoms. The van der Waals surface area contributed by atoms with Gasteiger partial charge in [0.1, 0.15) is 0 Å². The first-order valence-corrected chi connectivity index (χ1v) is 10.5. The van der Waals surface area contributed by atoms with Crippen molar-refractivity contribution in [2.24, 2.45) is 0 Å². The van der Waals surface area contributed by atoms with Gasteiger partial charge in [-0.05, 0) is 19.0 Å². The average molecular weight is 262 g/mol. The van der Waals surface area contributed by atoms with Gasteiger partial charge in [0, 0.05) is 25.7 Å². The Bertz CT molecular complexity index is 380. The van der Waals surface area contributed by atoms with Crippen molar-refractivity contribution in [2.75, 3.05) is 20.1 Å². The van der Waals surface area contributed by atoms with Gasteiger partial charge >= 0.3 is 0 Å². The first-order valence-electron chi connectivity index (χ1n) is 6.98. The van der Waals surface area contributed by atoms with Crippen LogP contribution in [-0.4, -0.2) is 39.2 Å². The topological polar surface area (TPSA) is 15.3 Å². The Labute approximate surface area is 112 Å². The van der Waals surface area contributed by atoms with Crippen LogP contribution >= 0.6 is 0 Å². The summed E-state index contributed by atoms with van der Waals surface area (Å²) in [6.45, 7) is 10.7. The summed E-state index contributed by atoms with van der Waals surface area (Å²) >= 11 is 0. The molecule has 1 fully saturated rings. The van der Waals surface area contributed by atoms with E-state index in [4.69, 9.17) is 0 Å². The predicted octanol–water partition coefficient (Wildman–Crippen LogP) is 2.03. The monoisotopic (exact) mass is 262 g/mol. The van der Waals surface area contributed by atoms with E-state index in [1.165, 1.54) is 25.1 Å². The lowest BCUT2D eigenvalue weighted by Gasteiger charge is -2.19. The maximum Gasteiger partial charge on any atom is 0.0775 e. The first-order chi connectivity index (χ1) is 8.49. The number of likely N-dealkylation sites (tertiary alicyclic amines) is 1. The van der Waals surface area contributed by atoms with E-state index < -0.39 is 8.07 Å². The highest BCUT2D eigenvalue weighted by atomic mass is 28.3. The second-order valence-corrected chi connectivity index (χ2v) is 11.5. The number of nitrogens with zero attached hydrogens (tertiary/aromatic N) is 1. The summed E-state index contributed by atoms with van der Waals surface area (Å²) in [5.74, 6) is 0. The van der Waals surface area contributed by atoms with Crippen LogP contribution in [0.4, 0.5) is 0 Å². The fourth-order valence-corrected chi connectivity index (χ4v) is 3.75. The van der Waals surface area contributed by atoms with Gasteiger partial charge in [-0.25, -0.2) is 0 Å². The molecule has 0 amide bonds. The van der Waals surface area contributed by atoms with Gasteiger partial charge in [0.25, 0.3) is 0 Å². The Morgan fingerprint density at radius 2 is 1.89 bits per heavy atom. The minimum Gasteiger partial charge on any atom is -0.316 e. The van der Waals surface area contributed by atoms with Crippen molar-refractivity contribution in [1.82, 2.24) is 10.2 Å². The number of nitrogens with one attached hydrogen (secondary N) is 1. The van der Waals surface area contributed by atoms with Gasteiger partial charge in [-0.3, -0.25) is 4.90 Å². The van der Waals surface area contributed by atoms with Crippen LogP contribution in [0.5, 0.6) is 0 Å².